The summed E-state index contributed by atoms with van der Waals surface area (Å²) in [5.41, 5.74) is 0. The van der Waals surface area contributed by atoms with Gasteiger partial charge in [0, 0.05) is 19.0 Å². The number of hydrogen-bond acceptors (Lipinski definition) is 4. The normalized spacial score (nSPS) is 16.7. The Balaban J connectivity index is 1.39. The van der Waals surface area contributed by atoms with Gasteiger partial charge in [0.15, 0.2) is 0 Å². The first-order valence-corrected chi connectivity index (χ1v) is 7.45. The fraction of sp³-hybridized carbons (Fsp3) is 0.833. The maximum Gasteiger partial charge on any atom is 0.138 e. The molecule has 4 nitrogen and oxygen atoms in total. The molecule has 0 aromatic carbocycles. The third-order valence-electron chi connectivity index (χ3n) is 3.20. The number of rotatable bonds is 8. The zero-order valence-corrected chi connectivity index (χ0v) is 11.1. The Kier molecular flexibility index (Phi) is 5.85. The van der Waals surface area contributed by atoms with Gasteiger partial charge in [-0.15, -0.1) is 5.10 Å². The van der Waals surface area contributed by atoms with Gasteiger partial charge in [-0.1, -0.05) is 25.7 Å². The van der Waals surface area contributed by atoms with E-state index in [1.54, 1.807) is 28.7 Å². The minimum Gasteiger partial charge on any atom is -0.381 e. The van der Waals surface area contributed by atoms with Crippen molar-refractivity contribution in [2.24, 2.45) is 5.92 Å². The average Bonchev–Trinajstić information content (AvgIpc) is 3.00. The largest absolute Gasteiger partial charge is 0.381 e. The van der Waals surface area contributed by atoms with E-state index in [0.717, 1.165) is 31.3 Å². The number of hydrogen-bond donors (Lipinski definition) is 0. The highest BCUT2D eigenvalue weighted by Crippen LogP contribution is 2.27. The first-order valence-electron chi connectivity index (χ1n) is 6.51. The van der Waals surface area contributed by atoms with Gasteiger partial charge in [0.25, 0.3) is 0 Å². The number of aromatic nitrogens is 3. The van der Waals surface area contributed by atoms with Gasteiger partial charge in [0.1, 0.15) is 12.7 Å². The van der Waals surface area contributed by atoms with E-state index in [-0.39, 0.29) is 0 Å². The molecule has 0 saturated heterocycles. The fourth-order valence-electron chi connectivity index (χ4n) is 2.23. The summed E-state index contributed by atoms with van der Waals surface area (Å²) >= 11 is 1.67. The van der Waals surface area contributed by atoms with Gasteiger partial charge in [0.2, 0.25) is 0 Å². The molecule has 96 valence electrons. The van der Waals surface area contributed by atoms with Gasteiger partial charge in [0.05, 0.1) is 0 Å². The molecule has 1 aliphatic carbocycles. The molecule has 0 unspecified atom stereocenters. The standard InChI is InChI=1S/C12H21N3OS/c1-2-5-12(4-1)6-8-16-7-3-9-17-15-11-13-10-14-15/h10-12H,1-9H2. The summed E-state index contributed by atoms with van der Waals surface area (Å²) in [6, 6.07) is 0. The highest BCUT2D eigenvalue weighted by Gasteiger charge is 2.13. The molecule has 1 aliphatic rings. The summed E-state index contributed by atoms with van der Waals surface area (Å²) in [5, 5.41) is 4.03. The van der Waals surface area contributed by atoms with Crippen LogP contribution in [0, 0.1) is 5.92 Å². The van der Waals surface area contributed by atoms with Crippen molar-refractivity contribution < 1.29 is 4.74 Å². The molecule has 5 heteroatoms. The molecule has 17 heavy (non-hydrogen) atoms. The molecule has 1 aromatic heterocycles. The van der Waals surface area contributed by atoms with Crippen molar-refractivity contribution >= 4 is 11.9 Å². The highest BCUT2D eigenvalue weighted by atomic mass is 32.2. The smallest absolute Gasteiger partial charge is 0.138 e. The Morgan fingerprint density at radius 1 is 1.29 bits per heavy atom. The Morgan fingerprint density at radius 2 is 2.18 bits per heavy atom. The third kappa shape index (κ3) is 5.08. The predicted octanol–water partition coefficient (Wildman–Crippen LogP) is 2.76. The summed E-state index contributed by atoms with van der Waals surface area (Å²) in [7, 11) is 0. The minimum absolute atomic E-state index is 0.869. The molecule has 1 fully saturated rings. The van der Waals surface area contributed by atoms with Gasteiger partial charge in [-0.05, 0) is 30.7 Å². The third-order valence-corrected chi connectivity index (χ3v) is 4.12. The molecule has 0 aliphatic heterocycles. The predicted molar refractivity (Wildman–Crippen MR) is 69.9 cm³/mol. The van der Waals surface area contributed by atoms with Crippen LogP contribution in [-0.2, 0) is 4.74 Å². The second kappa shape index (κ2) is 7.71. The van der Waals surface area contributed by atoms with Crippen molar-refractivity contribution in [2.75, 3.05) is 19.0 Å². The van der Waals surface area contributed by atoms with E-state index in [4.69, 9.17) is 4.74 Å². The SMILES string of the molecule is c1ncn(SCCCOCCC2CCCC2)n1. The molecule has 0 atom stereocenters. The zero-order chi connectivity index (χ0) is 11.8. The molecular formula is C12H21N3OS. The summed E-state index contributed by atoms with van der Waals surface area (Å²) in [6.07, 6.45) is 11.3. The molecule has 1 heterocycles. The molecule has 1 saturated carbocycles. The Morgan fingerprint density at radius 3 is 2.94 bits per heavy atom. The molecular weight excluding hydrogens is 234 g/mol. The second-order valence-corrected chi connectivity index (χ2v) is 5.58. The molecule has 0 N–H and O–H groups in total. The van der Waals surface area contributed by atoms with E-state index >= 15 is 0 Å². The summed E-state index contributed by atoms with van der Waals surface area (Å²) in [4.78, 5) is 3.89. The summed E-state index contributed by atoms with van der Waals surface area (Å²) in [5.74, 6) is 1.98. The van der Waals surface area contributed by atoms with Crippen LogP contribution in [0.5, 0.6) is 0 Å². The van der Waals surface area contributed by atoms with Crippen LogP contribution >= 0.6 is 11.9 Å². The highest BCUT2D eigenvalue weighted by molar-refractivity contribution is 7.97. The monoisotopic (exact) mass is 255 g/mol. The maximum absolute atomic E-state index is 5.66. The Hall–Kier alpha value is -0.550. The van der Waals surface area contributed by atoms with Gasteiger partial charge in [-0.2, -0.15) is 4.09 Å². The Bertz CT molecular complexity index is 286. The molecule has 0 amide bonds. The summed E-state index contributed by atoms with van der Waals surface area (Å²) in [6.45, 7) is 1.81. The summed E-state index contributed by atoms with van der Waals surface area (Å²) < 4.78 is 7.45. The van der Waals surface area contributed by atoms with Crippen LogP contribution < -0.4 is 0 Å². The van der Waals surface area contributed by atoms with E-state index in [9.17, 15) is 0 Å². The quantitative estimate of drug-likeness (QED) is 0.670. The topological polar surface area (TPSA) is 39.9 Å². The van der Waals surface area contributed by atoms with Crippen molar-refractivity contribution in [1.29, 1.82) is 0 Å². The lowest BCUT2D eigenvalue weighted by molar-refractivity contribution is 0.121. The van der Waals surface area contributed by atoms with Crippen molar-refractivity contribution in [3.63, 3.8) is 0 Å². The lowest BCUT2D eigenvalue weighted by Gasteiger charge is -2.08. The number of nitrogens with zero attached hydrogens (tertiary/aromatic N) is 3. The lowest BCUT2D eigenvalue weighted by atomic mass is 10.1. The van der Waals surface area contributed by atoms with Gasteiger partial charge < -0.3 is 4.74 Å². The molecule has 0 radical (unpaired) electrons. The van der Waals surface area contributed by atoms with E-state index in [2.05, 4.69) is 10.1 Å². The minimum atomic E-state index is 0.869. The van der Waals surface area contributed by atoms with Crippen LogP contribution in [0.1, 0.15) is 38.5 Å². The van der Waals surface area contributed by atoms with Crippen LogP contribution in [0.3, 0.4) is 0 Å². The van der Waals surface area contributed by atoms with Gasteiger partial charge in [-0.25, -0.2) is 4.98 Å². The van der Waals surface area contributed by atoms with Crippen LogP contribution in [0.2, 0.25) is 0 Å². The van der Waals surface area contributed by atoms with Crippen LogP contribution in [0.15, 0.2) is 12.7 Å². The average molecular weight is 255 g/mol. The van der Waals surface area contributed by atoms with E-state index < -0.39 is 0 Å². The first-order chi connectivity index (χ1) is 8.45. The van der Waals surface area contributed by atoms with Crippen molar-refractivity contribution in [3.05, 3.63) is 12.7 Å². The van der Waals surface area contributed by atoms with E-state index in [0.29, 0.717) is 0 Å². The lowest BCUT2D eigenvalue weighted by Crippen LogP contribution is -2.03. The fourth-order valence-corrected chi connectivity index (χ4v) is 2.90. The maximum atomic E-state index is 5.66. The van der Waals surface area contributed by atoms with Gasteiger partial charge >= 0.3 is 0 Å². The van der Waals surface area contributed by atoms with E-state index in [1.165, 1.54) is 32.1 Å². The second-order valence-electron chi connectivity index (χ2n) is 4.54. The van der Waals surface area contributed by atoms with Crippen LogP contribution in [-0.4, -0.2) is 33.1 Å². The van der Waals surface area contributed by atoms with Crippen molar-refractivity contribution in [1.82, 2.24) is 14.2 Å². The molecule has 0 bridgehead atoms. The molecule has 2 rings (SSSR count). The Labute approximate surface area is 107 Å². The first kappa shape index (κ1) is 12.9. The molecule has 1 aromatic rings. The van der Waals surface area contributed by atoms with Crippen molar-refractivity contribution in [2.45, 2.75) is 38.5 Å². The zero-order valence-electron chi connectivity index (χ0n) is 10.3. The van der Waals surface area contributed by atoms with Crippen LogP contribution in [0.25, 0.3) is 0 Å². The molecule has 0 spiro atoms. The van der Waals surface area contributed by atoms with Gasteiger partial charge in [-0.3, -0.25) is 0 Å². The van der Waals surface area contributed by atoms with E-state index in [1.807, 2.05) is 0 Å². The van der Waals surface area contributed by atoms with Crippen molar-refractivity contribution in [3.8, 4) is 0 Å². The van der Waals surface area contributed by atoms with Crippen LogP contribution in [0.4, 0.5) is 0 Å². The number of ether oxygens (including phenoxy) is 1.